The van der Waals surface area contributed by atoms with Crippen LogP contribution in [-0.4, -0.2) is 81.4 Å². The first-order valence-corrected chi connectivity index (χ1v) is 12.3. The molecule has 0 spiro atoms. The second-order valence-electron chi connectivity index (χ2n) is 7.64. The summed E-state index contributed by atoms with van der Waals surface area (Å²) >= 11 is 0. The average molecular weight is 578 g/mol. The highest BCUT2D eigenvalue weighted by Gasteiger charge is 2.38. The van der Waals surface area contributed by atoms with E-state index in [9.17, 15) is 34.8 Å². The van der Waals surface area contributed by atoms with Crippen LogP contribution in [0, 0.1) is 0 Å². The molecule has 3 rings (SSSR count). The van der Waals surface area contributed by atoms with Crippen LogP contribution in [-0.2, 0) is 32.7 Å². The second-order valence-corrected chi connectivity index (χ2v) is 9.74. The quantitative estimate of drug-likeness (QED) is 0.421. The number of alkyl halides is 6. The van der Waals surface area contributed by atoms with Crippen LogP contribution in [0.4, 0.5) is 26.3 Å². The molecule has 1 aliphatic rings. The Bertz CT molecular complexity index is 1120. The number of aromatic nitrogens is 3. The molecule has 3 heterocycles. The number of aliphatic carboxylic acids is 2. The molecule has 0 aliphatic carbocycles. The zero-order valence-corrected chi connectivity index (χ0v) is 20.6. The molecule has 0 radical (unpaired) electrons. The molecular formula is C20H25F6N5O6S. The van der Waals surface area contributed by atoms with Crippen molar-refractivity contribution in [2.45, 2.75) is 44.8 Å². The van der Waals surface area contributed by atoms with Gasteiger partial charge in [0.05, 0.1) is 17.5 Å². The Labute approximate surface area is 213 Å². The summed E-state index contributed by atoms with van der Waals surface area (Å²) in [6.07, 6.45) is -3.97. The lowest BCUT2D eigenvalue weighted by Crippen LogP contribution is -2.39. The first-order chi connectivity index (χ1) is 17.5. The van der Waals surface area contributed by atoms with Crippen LogP contribution in [0.25, 0.3) is 0 Å². The number of carbonyl (C=O) groups is 2. The SMILES string of the molecule is CCS(=O)(=O)NCCC1CN(Cc2cccnc2)Cc2ccnn21.O=C(O)C(F)(F)F.O=C(O)C(F)(F)F. The number of carboxylic acid groups (broad SMARTS) is 2. The van der Waals surface area contributed by atoms with Crippen molar-refractivity contribution in [3.8, 4) is 0 Å². The smallest absolute Gasteiger partial charge is 0.475 e. The lowest BCUT2D eigenvalue weighted by atomic mass is 10.1. The van der Waals surface area contributed by atoms with Crippen molar-refractivity contribution in [2.24, 2.45) is 0 Å². The molecule has 38 heavy (non-hydrogen) atoms. The Kier molecular flexibility index (Phi) is 12.1. The zero-order chi connectivity index (χ0) is 29.1. The van der Waals surface area contributed by atoms with Gasteiger partial charge in [0.25, 0.3) is 0 Å². The highest BCUT2D eigenvalue weighted by molar-refractivity contribution is 7.89. The first kappa shape index (κ1) is 32.8. The molecule has 1 atom stereocenters. The van der Waals surface area contributed by atoms with Crippen molar-refractivity contribution in [3.63, 3.8) is 0 Å². The van der Waals surface area contributed by atoms with Gasteiger partial charge in [0.1, 0.15) is 0 Å². The van der Waals surface area contributed by atoms with E-state index in [-0.39, 0.29) is 11.8 Å². The number of nitrogens with zero attached hydrogens (tertiary/aromatic N) is 4. The van der Waals surface area contributed by atoms with E-state index in [1.807, 2.05) is 29.2 Å². The predicted octanol–water partition coefficient (Wildman–Crippen LogP) is 2.43. The fourth-order valence-electron chi connectivity index (χ4n) is 3.03. The number of hydrogen-bond acceptors (Lipinski definition) is 7. The second kappa shape index (κ2) is 14.1. The molecule has 11 nitrogen and oxygen atoms in total. The van der Waals surface area contributed by atoms with E-state index in [4.69, 9.17) is 19.8 Å². The van der Waals surface area contributed by atoms with Crippen LogP contribution in [0.2, 0.25) is 0 Å². The highest BCUT2D eigenvalue weighted by Crippen LogP contribution is 2.24. The summed E-state index contributed by atoms with van der Waals surface area (Å²) in [5.74, 6) is -5.40. The molecule has 18 heteroatoms. The molecule has 1 unspecified atom stereocenters. The fraction of sp³-hybridized carbons (Fsp3) is 0.500. The van der Waals surface area contributed by atoms with Crippen molar-refractivity contribution in [3.05, 3.63) is 48.0 Å². The highest BCUT2D eigenvalue weighted by atomic mass is 32.2. The van der Waals surface area contributed by atoms with E-state index in [0.29, 0.717) is 6.54 Å². The van der Waals surface area contributed by atoms with E-state index < -0.39 is 34.3 Å². The van der Waals surface area contributed by atoms with Gasteiger partial charge in [-0.25, -0.2) is 22.7 Å². The van der Waals surface area contributed by atoms with Gasteiger partial charge < -0.3 is 10.2 Å². The Morgan fingerprint density at radius 2 is 1.66 bits per heavy atom. The minimum absolute atomic E-state index is 0.109. The maximum atomic E-state index is 11.6. The van der Waals surface area contributed by atoms with Crippen molar-refractivity contribution in [1.29, 1.82) is 0 Å². The standard InChI is InChI=1S/C16H23N5O2S.2C2HF3O2/c1-2-24(22,23)19-9-6-16-13-20(11-14-4-3-7-17-10-14)12-15-5-8-18-21(15)16;2*3-2(4,5)1(6)7/h3-5,7-8,10,16,19H,2,6,9,11-13H2,1H3;2*(H,6,7). The number of nitrogens with one attached hydrogen (secondary N) is 1. The lowest BCUT2D eigenvalue weighted by Gasteiger charge is -2.34. The van der Waals surface area contributed by atoms with E-state index in [1.165, 1.54) is 5.56 Å². The molecule has 0 amide bonds. The normalized spacial score (nSPS) is 15.8. The summed E-state index contributed by atoms with van der Waals surface area (Å²) in [6.45, 7) is 4.59. The van der Waals surface area contributed by atoms with Crippen LogP contribution < -0.4 is 4.72 Å². The topological polar surface area (TPSA) is 155 Å². The first-order valence-electron chi connectivity index (χ1n) is 10.7. The summed E-state index contributed by atoms with van der Waals surface area (Å²) in [7, 11) is -3.15. The van der Waals surface area contributed by atoms with Crippen molar-refractivity contribution in [2.75, 3.05) is 18.8 Å². The maximum absolute atomic E-state index is 11.6. The molecule has 0 aromatic carbocycles. The third-order valence-corrected chi connectivity index (χ3v) is 6.15. The summed E-state index contributed by atoms with van der Waals surface area (Å²) in [5.41, 5.74) is 2.34. The van der Waals surface area contributed by atoms with Gasteiger partial charge in [-0.3, -0.25) is 14.6 Å². The Morgan fingerprint density at radius 1 is 1.08 bits per heavy atom. The van der Waals surface area contributed by atoms with Crippen LogP contribution in [0.15, 0.2) is 36.8 Å². The Morgan fingerprint density at radius 3 is 2.13 bits per heavy atom. The van der Waals surface area contributed by atoms with Gasteiger partial charge in [-0.15, -0.1) is 0 Å². The lowest BCUT2D eigenvalue weighted by molar-refractivity contribution is -0.193. The minimum atomic E-state index is -5.08. The van der Waals surface area contributed by atoms with Gasteiger partial charge in [-0.2, -0.15) is 31.4 Å². The van der Waals surface area contributed by atoms with Crippen LogP contribution in [0.3, 0.4) is 0 Å². The number of halogens is 6. The van der Waals surface area contributed by atoms with E-state index >= 15 is 0 Å². The van der Waals surface area contributed by atoms with E-state index in [1.54, 1.807) is 13.1 Å². The number of sulfonamides is 1. The number of carboxylic acids is 2. The third kappa shape index (κ3) is 11.9. The van der Waals surface area contributed by atoms with Crippen LogP contribution >= 0.6 is 0 Å². The van der Waals surface area contributed by atoms with E-state index in [0.717, 1.165) is 31.7 Å². The van der Waals surface area contributed by atoms with Crippen molar-refractivity contribution < 1.29 is 54.6 Å². The van der Waals surface area contributed by atoms with Gasteiger partial charge in [0.15, 0.2) is 0 Å². The van der Waals surface area contributed by atoms with Crippen LogP contribution in [0.5, 0.6) is 0 Å². The van der Waals surface area contributed by atoms with Gasteiger partial charge in [0.2, 0.25) is 10.0 Å². The average Bonchev–Trinajstić information content (AvgIpc) is 3.28. The molecule has 2 aromatic rings. The molecule has 0 saturated carbocycles. The molecule has 1 aliphatic heterocycles. The van der Waals surface area contributed by atoms with Gasteiger partial charge in [-0.1, -0.05) is 6.07 Å². The predicted molar refractivity (Wildman–Crippen MR) is 119 cm³/mol. The van der Waals surface area contributed by atoms with Gasteiger partial charge in [-0.05, 0) is 31.0 Å². The molecular weight excluding hydrogens is 552 g/mol. The number of rotatable bonds is 7. The molecule has 0 bridgehead atoms. The number of pyridine rings is 1. The molecule has 0 saturated heterocycles. The Balaban J connectivity index is 0.000000426. The summed E-state index contributed by atoms with van der Waals surface area (Å²) < 4.78 is 91.3. The zero-order valence-electron chi connectivity index (χ0n) is 19.8. The molecule has 3 N–H and O–H groups in total. The van der Waals surface area contributed by atoms with E-state index in [2.05, 4.69) is 25.8 Å². The molecule has 2 aromatic heterocycles. The van der Waals surface area contributed by atoms with Crippen molar-refractivity contribution >= 4 is 22.0 Å². The van der Waals surface area contributed by atoms with Crippen molar-refractivity contribution in [1.82, 2.24) is 24.4 Å². The third-order valence-electron chi connectivity index (χ3n) is 4.75. The van der Waals surface area contributed by atoms with Gasteiger partial charge >= 0.3 is 24.3 Å². The summed E-state index contributed by atoms with van der Waals surface area (Å²) in [5, 5.41) is 18.7. The Hall–Kier alpha value is -3.25. The fourth-order valence-corrected chi connectivity index (χ4v) is 3.66. The largest absolute Gasteiger partial charge is 0.490 e. The van der Waals surface area contributed by atoms with Crippen LogP contribution in [0.1, 0.15) is 30.6 Å². The number of hydrogen-bond donors (Lipinski definition) is 3. The molecule has 214 valence electrons. The minimum Gasteiger partial charge on any atom is -0.475 e. The maximum Gasteiger partial charge on any atom is 0.490 e. The summed E-state index contributed by atoms with van der Waals surface area (Å²) in [4.78, 5) is 24.3. The molecule has 0 fully saturated rings. The summed E-state index contributed by atoms with van der Waals surface area (Å²) in [6, 6.07) is 6.21. The van der Waals surface area contributed by atoms with Gasteiger partial charge in [0, 0.05) is 44.8 Å². The number of fused-ring (bicyclic) bond motifs is 1. The monoisotopic (exact) mass is 577 g/mol.